The van der Waals surface area contributed by atoms with Crippen molar-refractivity contribution in [2.45, 2.75) is 25.2 Å². The molecule has 0 aromatic carbocycles. The molecule has 2 saturated heterocycles. The second-order valence-electron chi connectivity index (χ2n) is 4.20. The molecule has 2 aliphatic heterocycles. The first kappa shape index (κ1) is 12.3. The maximum absolute atomic E-state index is 5.51. The summed E-state index contributed by atoms with van der Waals surface area (Å²) in [7, 11) is 0. The van der Waals surface area contributed by atoms with E-state index in [1.54, 1.807) is 0 Å². The largest absolute Gasteiger partial charge is 0.376 e. The first-order chi connectivity index (χ1) is 7.84. The molecule has 0 bridgehead atoms. The smallest absolute Gasteiger partial charge is 0.104 e. The minimum Gasteiger partial charge on any atom is -0.376 e. The van der Waals surface area contributed by atoms with Gasteiger partial charge >= 0.3 is 0 Å². The highest BCUT2D eigenvalue weighted by molar-refractivity contribution is 4.68. The van der Waals surface area contributed by atoms with Crippen LogP contribution in [0.3, 0.4) is 0 Å². The molecule has 16 heavy (non-hydrogen) atoms. The summed E-state index contributed by atoms with van der Waals surface area (Å²) in [6.07, 6.45) is 0.771. The Balaban J connectivity index is 1.33. The Labute approximate surface area is 95.9 Å². The molecule has 3 unspecified atom stereocenters. The van der Waals surface area contributed by atoms with E-state index in [0.717, 1.165) is 13.2 Å². The molecule has 5 nitrogen and oxygen atoms in total. The average molecular weight is 232 g/mol. The lowest BCUT2D eigenvalue weighted by Gasteiger charge is -2.12. The Bertz CT molecular complexity index is 191. The van der Waals surface area contributed by atoms with Crippen molar-refractivity contribution in [1.29, 1.82) is 0 Å². The number of epoxide rings is 2. The van der Waals surface area contributed by atoms with Gasteiger partial charge in [0.1, 0.15) is 12.2 Å². The van der Waals surface area contributed by atoms with Crippen molar-refractivity contribution in [2.75, 3.05) is 46.2 Å². The predicted molar refractivity (Wildman–Crippen MR) is 56.5 cm³/mol. The summed E-state index contributed by atoms with van der Waals surface area (Å²) in [5, 5.41) is 0. The Kier molecular flexibility index (Phi) is 4.99. The molecule has 0 amide bonds. The standard InChI is InChI=1S/C11H20O5/c1-9(4-13-6-11-8-16-11)14-3-2-12-5-10-7-15-10/h9-11H,2-8H2,1H3. The maximum atomic E-state index is 5.51. The van der Waals surface area contributed by atoms with Gasteiger partial charge in [0.2, 0.25) is 0 Å². The quantitative estimate of drug-likeness (QED) is 0.398. The van der Waals surface area contributed by atoms with Gasteiger partial charge in [0.15, 0.2) is 0 Å². The van der Waals surface area contributed by atoms with E-state index in [9.17, 15) is 0 Å². The molecule has 0 N–H and O–H groups in total. The van der Waals surface area contributed by atoms with Gasteiger partial charge in [-0.1, -0.05) is 0 Å². The molecule has 0 aromatic heterocycles. The second kappa shape index (κ2) is 6.51. The van der Waals surface area contributed by atoms with Gasteiger partial charge in [-0.3, -0.25) is 0 Å². The van der Waals surface area contributed by atoms with Gasteiger partial charge in [0.05, 0.1) is 52.4 Å². The molecule has 0 aliphatic carbocycles. The van der Waals surface area contributed by atoms with E-state index in [0.29, 0.717) is 45.2 Å². The predicted octanol–water partition coefficient (Wildman–Crippen LogP) is 0.222. The zero-order valence-electron chi connectivity index (χ0n) is 9.72. The third kappa shape index (κ3) is 5.77. The van der Waals surface area contributed by atoms with E-state index in [1.807, 2.05) is 6.92 Å². The molecule has 3 atom stereocenters. The monoisotopic (exact) mass is 232 g/mol. The summed E-state index contributed by atoms with van der Waals surface area (Å²) in [5.41, 5.74) is 0. The normalized spacial score (nSPS) is 29.1. The Morgan fingerprint density at radius 2 is 1.69 bits per heavy atom. The van der Waals surface area contributed by atoms with Crippen LogP contribution in [0.25, 0.3) is 0 Å². The van der Waals surface area contributed by atoms with Crippen molar-refractivity contribution in [2.24, 2.45) is 0 Å². The first-order valence-electron chi connectivity index (χ1n) is 5.85. The molecular formula is C11H20O5. The fraction of sp³-hybridized carbons (Fsp3) is 1.00. The van der Waals surface area contributed by atoms with Gasteiger partial charge in [-0.15, -0.1) is 0 Å². The van der Waals surface area contributed by atoms with Crippen LogP contribution in [0.15, 0.2) is 0 Å². The van der Waals surface area contributed by atoms with Crippen molar-refractivity contribution in [1.82, 2.24) is 0 Å². The Hall–Kier alpha value is -0.200. The van der Waals surface area contributed by atoms with Crippen LogP contribution < -0.4 is 0 Å². The van der Waals surface area contributed by atoms with Crippen LogP contribution in [-0.4, -0.2) is 64.6 Å². The fourth-order valence-electron chi connectivity index (χ4n) is 1.27. The van der Waals surface area contributed by atoms with Gasteiger partial charge in [-0.25, -0.2) is 0 Å². The number of hydrogen-bond acceptors (Lipinski definition) is 5. The fourth-order valence-corrected chi connectivity index (χ4v) is 1.27. The molecule has 5 heteroatoms. The van der Waals surface area contributed by atoms with Gasteiger partial charge < -0.3 is 23.7 Å². The van der Waals surface area contributed by atoms with Crippen LogP contribution >= 0.6 is 0 Å². The molecule has 2 heterocycles. The van der Waals surface area contributed by atoms with Crippen molar-refractivity contribution in [3.8, 4) is 0 Å². The zero-order valence-corrected chi connectivity index (χ0v) is 9.72. The van der Waals surface area contributed by atoms with Crippen LogP contribution in [0.4, 0.5) is 0 Å². The van der Waals surface area contributed by atoms with Crippen molar-refractivity contribution in [3.63, 3.8) is 0 Å². The topological polar surface area (TPSA) is 52.8 Å². The van der Waals surface area contributed by atoms with Gasteiger partial charge in [-0.2, -0.15) is 0 Å². The van der Waals surface area contributed by atoms with Gasteiger partial charge in [0, 0.05) is 0 Å². The van der Waals surface area contributed by atoms with Crippen LogP contribution in [0, 0.1) is 0 Å². The molecule has 2 fully saturated rings. The van der Waals surface area contributed by atoms with E-state index in [-0.39, 0.29) is 6.10 Å². The SMILES string of the molecule is CC(COCC1CO1)OCCOCC1CO1. The van der Waals surface area contributed by atoms with Crippen molar-refractivity contribution < 1.29 is 23.7 Å². The average Bonchev–Trinajstić information content (AvgIpc) is 3.12. The highest BCUT2D eigenvalue weighted by atomic mass is 16.6. The van der Waals surface area contributed by atoms with E-state index >= 15 is 0 Å². The van der Waals surface area contributed by atoms with Gasteiger partial charge in [-0.05, 0) is 6.92 Å². The van der Waals surface area contributed by atoms with Gasteiger partial charge in [0.25, 0.3) is 0 Å². The minimum absolute atomic E-state index is 0.111. The summed E-state index contributed by atoms with van der Waals surface area (Å²) in [6.45, 7) is 6.90. The summed E-state index contributed by atoms with van der Waals surface area (Å²) in [6, 6.07) is 0. The van der Waals surface area contributed by atoms with Crippen LogP contribution in [-0.2, 0) is 23.7 Å². The summed E-state index contributed by atoms with van der Waals surface area (Å²) < 4.78 is 26.3. The molecule has 0 aromatic rings. The Morgan fingerprint density at radius 3 is 2.31 bits per heavy atom. The third-order valence-corrected chi connectivity index (χ3v) is 2.39. The molecule has 2 rings (SSSR count). The molecular weight excluding hydrogens is 212 g/mol. The van der Waals surface area contributed by atoms with E-state index < -0.39 is 0 Å². The summed E-state index contributed by atoms with van der Waals surface area (Å²) >= 11 is 0. The number of rotatable bonds is 10. The molecule has 94 valence electrons. The molecule has 0 saturated carbocycles. The minimum atomic E-state index is 0.111. The van der Waals surface area contributed by atoms with Crippen molar-refractivity contribution in [3.05, 3.63) is 0 Å². The zero-order chi connectivity index (χ0) is 11.2. The van der Waals surface area contributed by atoms with E-state index in [4.69, 9.17) is 23.7 Å². The highest BCUT2D eigenvalue weighted by Crippen LogP contribution is 2.09. The lowest BCUT2D eigenvalue weighted by molar-refractivity contribution is -0.0329. The molecule has 0 radical (unpaired) electrons. The van der Waals surface area contributed by atoms with Crippen LogP contribution in [0.5, 0.6) is 0 Å². The lowest BCUT2D eigenvalue weighted by Crippen LogP contribution is -2.20. The lowest BCUT2D eigenvalue weighted by atomic mass is 10.4. The maximum Gasteiger partial charge on any atom is 0.104 e. The first-order valence-corrected chi connectivity index (χ1v) is 5.85. The van der Waals surface area contributed by atoms with E-state index in [2.05, 4.69) is 0 Å². The summed E-state index contributed by atoms with van der Waals surface area (Å²) in [5.74, 6) is 0. The molecule has 2 aliphatic rings. The summed E-state index contributed by atoms with van der Waals surface area (Å²) in [4.78, 5) is 0. The highest BCUT2D eigenvalue weighted by Gasteiger charge is 2.23. The van der Waals surface area contributed by atoms with E-state index in [1.165, 1.54) is 0 Å². The second-order valence-corrected chi connectivity index (χ2v) is 4.20. The van der Waals surface area contributed by atoms with Crippen LogP contribution in [0.1, 0.15) is 6.92 Å². The number of hydrogen-bond donors (Lipinski definition) is 0. The van der Waals surface area contributed by atoms with Crippen molar-refractivity contribution >= 4 is 0 Å². The van der Waals surface area contributed by atoms with Crippen LogP contribution in [0.2, 0.25) is 0 Å². The Morgan fingerprint density at radius 1 is 1.06 bits per heavy atom. The number of ether oxygens (including phenoxy) is 5. The molecule has 0 spiro atoms. The third-order valence-electron chi connectivity index (χ3n) is 2.39.